The van der Waals surface area contributed by atoms with Gasteiger partial charge in [-0.3, -0.25) is 4.79 Å². The third-order valence-electron chi connectivity index (χ3n) is 4.30. The minimum absolute atomic E-state index is 0. The zero-order chi connectivity index (χ0) is 16.7. The molecule has 24 heavy (non-hydrogen) atoms. The summed E-state index contributed by atoms with van der Waals surface area (Å²) in [6.45, 7) is 10.1. The molecule has 0 radical (unpaired) electrons. The van der Waals surface area contributed by atoms with Crippen LogP contribution in [-0.4, -0.2) is 50.1 Å². The highest BCUT2D eigenvalue weighted by Gasteiger charge is 2.27. The Morgan fingerprint density at radius 1 is 1.33 bits per heavy atom. The number of carbonyl (C=O) groups is 1. The molecule has 1 aliphatic rings. The highest BCUT2D eigenvalue weighted by atomic mass is 35.5. The summed E-state index contributed by atoms with van der Waals surface area (Å²) in [6.07, 6.45) is 1.69. The maximum atomic E-state index is 12.4. The minimum atomic E-state index is -0.431. The average Bonchev–Trinajstić information content (AvgIpc) is 2.52. The number of halogens is 2. The van der Waals surface area contributed by atoms with Gasteiger partial charge in [0.1, 0.15) is 0 Å². The van der Waals surface area contributed by atoms with Gasteiger partial charge in [0, 0.05) is 43.2 Å². The van der Waals surface area contributed by atoms with Gasteiger partial charge in [-0.2, -0.15) is 0 Å². The van der Waals surface area contributed by atoms with Crippen LogP contribution in [0.25, 0.3) is 0 Å². The summed E-state index contributed by atoms with van der Waals surface area (Å²) in [7, 11) is 0. The first-order valence-electron chi connectivity index (χ1n) is 8.43. The third kappa shape index (κ3) is 6.98. The van der Waals surface area contributed by atoms with Gasteiger partial charge in [-0.05, 0) is 37.1 Å². The standard InChI is InChI=1S/C18H28ClN3O.ClH/c1-18(2,14-15-5-3-6-16(19)13-15)17(23)21-7-4-10-22-11-8-20-9-12-22;/h3,5-6,13,20H,4,7-12,14H2,1-2H3,(H,21,23);1H. The van der Waals surface area contributed by atoms with Crippen LogP contribution in [0.3, 0.4) is 0 Å². The summed E-state index contributed by atoms with van der Waals surface area (Å²) < 4.78 is 0. The summed E-state index contributed by atoms with van der Waals surface area (Å²) in [6, 6.07) is 7.74. The van der Waals surface area contributed by atoms with Gasteiger partial charge in [0.15, 0.2) is 0 Å². The number of hydrogen-bond acceptors (Lipinski definition) is 3. The molecule has 0 unspecified atom stereocenters. The van der Waals surface area contributed by atoms with Crippen LogP contribution in [0.1, 0.15) is 25.8 Å². The second-order valence-electron chi connectivity index (χ2n) is 6.89. The van der Waals surface area contributed by atoms with E-state index in [2.05, 4.69) is 15.5 Å². The van der Waals surface area contributed by atoms with Crippen LogP contribution in [0.4, 0.5) is 0 Å². The molecule has 0 atom stereocenters. The Hall–Kier alpha value is -0.810. The summed E-state index contributed by atoms with van der Waals surface area (Å²) in [4.78, 5) is 14.9. The lowest BCUT2D eigenvalue weighted by atomic mass is 9.85. The predicted octanol–water partition coefficient (Wildman–Crippen LogP) is 2.74. The normalized spacial score (nSPS) is 15.6. The largest absolute Gasteiger partial charge is 0.356 e. The molecule has 4 nitrogen and oxygen atoms in total. The maximum absolute atomic E-state index is 12.4. The van der Waals surface area contributed by atoms with Gasteiger partial charge < -0.3 is 15.5 Å². The van der Waals surface area contributed by atoms with Crippen LogP contribution in [0, 0.1) is 5.41 Å². The Balaban J connectivity index is 0.00000288. The zero-order valence-corrected chi connectivity index (χ0v) is 16.2. The number of benzene rings is 1. The van der Waals surface area contributed by atoms with Crippen LogP contribution in [-0.2, 0) is 11.2 Å². The molecule has 1 amide bonds. The van der Waals surface area contributed by atoms with Gasteiger partial charge >= 0.3 is 0 Å². The molecule has 136 valence electrons. The molecule has 1 saturated heterocycles. The van der Waals surface area contributed by atoms with Crippen molar-refractivity contribution in [2.24, 2.45) is 5.41 Å². The highest BCUT2D eigenvalue weighted by Crippen LogP contribution is 2.23. The number of hydrogen-bond donors (Lipinski definition) is 2. The smallest absolute Gasteiger partial charge is 0.225 e. The Labute approximate surface area is 156 Å². The van der Waals surface area contributed by atoms with Crippen molar-refractivity contribution in [3.8, 4) is 0 Å². The Morgan fingerprint density at radius 3 is 2.71 bits per heavy atom. The molecule has 1 heterocycles. The average molecular weight is 374 g/mol. The van der Waals surface area contributed by atoms with Gasteiger partial charge in [0.05, 0.1) is 0 Å². The molecule has 0 bridgehead atoms. The minimum Gasteiger partial charge on any atom is -0.356 e. The van der Waals surface area contributed by atoms with E-state index in [9.17, 15) is 4.79 Å². The number of amides is 1. The Kier molecular flexibility index (Phi) is 9.06. The molecular weight excluding hydrogens is 345 g/mol. The SMILES string of the molecule is CC(C)(Cc1cccc(Cl)c1)C(=O)NCCCN1CCNCC1.Cl. The van der Waals surface area contributed by atoms with Crippen molar-refractivity contribution < 1.29 is 4.79 Å². The summed E-state index contributed by atoms with van der Waals surface area (Å²) in [5, 5.41) is 7.15. The van der Waals surface area contributed by atoms with Crippen LogP contribution in [0.15, 0.2) is 24.3 Å². The monoisotopic (exact) mass is 373 g/mol. The second kappa shape index (κ2) is 10.2. The number of nitrogens with zero attached hydrogens (tertiary/aromatic N) is 1. The first-order chi connectivity index (χ1) is 11.0. The molecular formula is C18H29Cl2N3O. The molecule has 0 aromatic heterocycles. The van der Waals surface area contributed by atoms with E-state index in [-0.39, 0.29) is 18.3 Å². The number of carbonyl (C=O) groups excluding carboxylic acids is 1. The van der Waals surface area contributed by atoms with Gasteiger partial charge in [0.2, 0.25) is 5.91 Å². The molecule has 0 spiro atoms. The van der Waals surface area contributed by atoms with E-state index < -0.39 is 5.41 Å². The number of piperazine rings is 1. The molecule has 1 aliphatic heterocycles. The summed E-state index contributed by atoms with van der Waals surface area (Å²) in [5.41, 5.74) is 0.665. The summed E-state index contributed by atoms with van der Waals surface area (Å²) in [5.74, 6) is 0.109. The van der Waals surface area contributed by atoms with E-state index in [1.54, 1.807) is 0 Å². The second-order valence-corrected chi connectivity index (χ2v) is 7.33. The number of nitrogens with one attached hydrogen (secondary N) is 2. The Bertz CT molecular complexity index is 517. The molecule has 1 fully saturated rings. The zero-order valence-electron chi connectivity index (χ0n) is 14.6. The van der Waals surface area contributed by atoms with Crippen molar-refractivity contribution in [1.82, 2.24) is 15.5 Å². The van der Waals surface area contributed by atoms with E-state index in [4.69, 9.17) is 11.6 Å². The van der Waals surface area contributed by atoms with E-state index in [1.165, 1.54) is 0 Å². The fourth-order valence-corrected chi connectivity index (χ4v) is 3.13. The van der Waals surface area contributed by atoms with E-state index in [0.717, 1.165) is 56.3 Å². The van der Waals surface area contributed by atoms with Crippen molar-refractivity contribution in [3.05, 3.63) is 34.9 Å². The van der Waals surface area contributed by atoms with E-state index in [1.807, 2.05) is 38.1 Å². The predicted molar refractivity (Wildman–Crippen MR) is 103 cm³/mol. The highest BCUT2D eigenvalue weighted by molar-refractivity contribution is 6.30. The molecule has 2 N–H and O–H groups in total. The van der Waals surface area contributed by atoms with Crippen molar-refractivity contribution in [2.45, 2.75) is 26.7 Å². The van der Waals surface area contributed by atoms with Crippen molar-refractivity contribution in [3.63, 3.8) is 0 Å². The first-order valence-corrected chi connectivity index (χ1v) is 8.81. The fourth-order valence-electron chi connectivity index (χ4n) is 2.92. The topological polar surface area (TPSA) is 44.4 Å². The van der Waals surface area contributed by atoms with Crippen molar-refractivity contribution >= 4 is 29.9 Å². The molecule has 2 rings (SSSR count). The maximum Gasteiger partial charge on any atom is 0.225 e. The lowest BCUT2D eigenvalue weighted by molar-refractivity contribution is -0.129. The molecule has 6 heteroatoms. The lowest BCUT2D eigenvalue weighted by Gasteiger charge is -2.27. The summed E-state index contributed by atoms with van der Waals surface area (Å²) >= 11 is 6.02. The third-order valence-corrected chi connectivity index (χ3v) is 4.53. The Morgan fingerprint density at radius 2 is 2.04 bits per heavy atom. The van der Waals surface area contributed by atoms with Gasteiger partial charge in [-0.25, -0.2) is 0 Å². The number of rotatable bonds is 7. The molecule has 1 aromatic rings. The van der Waals surface area contributed by atoms with Crippen LogP contribution in [0.2, 0.25) is 5.02 Å². The molecule has 0 aliphatic carbocycles. The van der Waals surface area contributed by atoms with Crippen LogP contribution in [0.5, 0.6) is 0 Å². The van der Waals surface area contributed by atoms with Crippen molar-refractivity contribution in [2.75, 3.05) is 39.3 Å². The molecule has 0 saturated carbocycles. The van der Waals surface area contributed by atoms with Gasteiger partial charge in [0.25, 0.3) is 0 Å². The van der Waals surface area contributed by atoms with Crippen molar-refractivity contribution in [1.29, 1.82) is 0 Å². The lowest BCUT2D eigenvalue weighted by Crippen LogP contribution is -2.44. The van der Waals surface area contributed by atoms with Crippen LogP contribution >= 0.6 is 24.0 Å². The van der Waals surface area contributed by atoms with E-state index in [0.29, 0.717) is 6.42 Å². The van der Waals surface area contributed by atoms with Gasteiger partial charge in [-0.1, -0.05) is 37.6 Å². The molecule has 1 aromatic carbocycles. The first kappa shape index (κ1) is 21.2. The van der Waals surface area contributed by atoms with Gasteiger partial charge in [-0.15, -0.1) is 12.4 Å². The quantitative estimate of drug-likeness (QED) is 0.722. The van der Waals surface area contributed by atoms with E-state index >= 15 is 0 Å². The fraction of sp³-hybridized carbons (Fsp3) is 0.611. The van der Waals surface area contributed by atoms with Crippen LogP contribution < -0.4 is 10.6 Å².